The van der Waals surface area contributed by atoms with Gasteiger partial charge in [0.15, 0.2) is 0 Å². The van der Waals surface area contributed by atoms with Crippen LogP contribution in [0.1, 0.15) is 34.1 Å². The van der Waals surface area contributed by atoms with Crippen molar-refractivity contribution in [1.29, 1.82) is 0 Å². The fraction of sp³-hybridized carbons (Fsp3) is 0.923. The molecule has 0 spiro atoms. The lowest BCUT2D eigenvalue weighted by Gasteiger charge is -2.29. The molecule has 0 saturated carbocycles. The Morgan fingerprint density at radius 2 is 2.12 bits per heavy atom. The zero-order valence-corrected chi connectivity index (χ0v) is 11.5. The van der Waals surface area contributed by atoms with Gasteiger partial charge in [0, 0.05) is 18.6 Å². The van der Waals surface area contributed by atoms with Crippen LogP contribution in [0.15, 0.2) is 0 Å². The minimum absolute atomic E-state index is 0.0103. The molecule has 1 rings (SSSR count). The number of amides is 1. The molecular formula is C13H26N2O2. The van der Waals surface area contributed by atoms with E-state index in [2.05, 4.69) is 26.1 Å². The third-order valence-electron chi connectivity index (χ3n) is 3.30. The SMILES string of the molecule is CCCNC1COCC1C(=O)N(CC)C(C)C. The second-order valence-corrected chi connectivity index (χ2v) is 4.92. The smallest absolute Gasteiger partial charge is 0.229 e. The molecule has 1 amide bonds. The average molecular weight is 242 g/mol. The van der Waals surface area contributed by atoms with E-state index in [1.54, 1.807) is 0 Å². The number of carbonyl (C=O) groups is 1. The van der Waals surface area contributed by atoms with Gasteiger partial charge in [0.1, 0.15) is 0 Å². The van der Waals surface area contributed by atoms with Gasteiger partial charge in [0.2, 0.25) is 5.91 Å². The normalized spacial score (nSPS) is 24.3. The highest BCUT2D eigenvalue weighted by Crippen LogP contribution is 2.18. The third kappa shape index (κ3) is 3.68. The Kier molecular flexibility index (Phi) is 5.92. The Morgan fingerprint density at radius 1 is 1.41 bits per heavy atom. The summed E-state index contributed by atoms with van der Waals surface area (Å²) in [5.41, 5.74) is 0. The summed E-state index contributed by atoms with van der Waals surface area (Å²) in [5.74, 6) is 0.220. The Morgan fingerprint density at radius 3 is 2.65 bits per heavy atom. The lowest BCUT2D eigenvalue weighted by Crippen LogP contribution is -2.48. The van der Waals surface area contributed by atoms with Gasteiger partial charge in [-0.15, -0.1) is 0 Å². The molecule has 2 atom stereocenters. The minimum Gasteiger partial charge on any atom is -0.379 e. The number of rotatable bonds is 6. The number of nitrogens with one attached hydrogen (secondary N) is 1. The van der Waals surface area contributed by atoms with Crippen molar-refractivity contribution in [2.24, 2.45) is 5.92 Å². The number of hydrogen-bond donors (Lipinski definition) is 1. The van der Waals surface area contributed by atoms with E-state index in [4.69, 9.17) is 4.74 Å². The van der Waals surface area contributed by atoms with E-state index >= 15 is 0 Å². The molecule has 4 heteroatoms. The van der Waals surface area contributed by atoms with Crippen molar-refractivity contribution < 1.29 is 9.53 Å². The van der Waals surface area contributed by atoms with Gasteiger partial charge in [-0.05, 0) is 33.7 Å². The summed E-state index contributed by atoms with van der Waals surface area (Å²) in [5, 5.41) is 3.41. The van der Waals surface area contributed by atoms with Crippen molar-refractivity contribution in [3.63, 3.8) is 0 Å². The molecule has 1 heterocycles. The molecule has 2 unspecified atom stereocenters. The van der Waals surface area contributed by atoms with E-state index < -0.39 is 0 Å². The first-order chi connectivity index (χ1) is 8.11. The molecule has 0 aromatic rings. The largest absolute Gasteiger partial charge is 0.379 e. The van der Waals surface area contributed by atoms with Crippen LogP contribution < -0.4 is 5.32 Å². The van der Waals surface area contributed by atoms with Gasteiger partial charge in [0.05, 0.1) is 19.1 Å². The highest BCUT2D eigenvalue weighted by atomic mass is 16.5. The van der Waals surface area contributed by atoms with Crippen LogP contribution in [0.3, 0.4) is 0 Å². The van der Waals surface area contributed by atoms with Gasteiger partial charge in [0.25, 0.3) is 0 Å². The van der Waals surface area contributed by atoms with Gasteiger partial charge in [-0.2, -0.15) is 0 Å². The van der Waals surface area contributed by atoms with Gasteiger partial charge >= 0.3 is 0 Å². The van der Waals surface area contributed by atoms with E-state index in [-0.39, 0.29) is 23.9 Å². The zero-order chi connectivity index (χ0) is 12.8. The molecule has 4 nitrogen and oxygen atoms in total. The molecule has 1 saturated heterocycles. The summed E-state index contributed by atoms with van der Waals surface area (Å²) in [6, 6.07) is 0.454. The summed E-state index contributed by atoms with van der Waals surface area (Å²) in [6.45, 7) is 11.2. The predicted octanol–water partition coefficient (Wildman–Crippen LogP) is 1.26. The standard InChI is InChI=1S/C13H26N2O2/c1-5-7-14-12-9-17-8-11(12)13(16)15(6-2)10(3)4/h10-12,14H,5-9H2,1-4H3. The molecule has 100 valence electrons. The molecular weight excluding hydrogens is 216 g/mol. The Hall–Kier alpha value is -0.610. The molecule has 0 aromatic heterocycles. The van der Waals surface area contributed by atoms with E-state index in [0.717, 1.165) is 19.5 Å². The number of carbonyl (C=O) groups excluding carboxylic acids is 1. The lowest BCUT2D eigenvalue weighted by molar-refractivity contribution is -0.137. The first kappa shape index (κ1) is 14.5. The maximum atomic E-state index is 12.4. The fourth-order valence-corrected chi connectivity index (χ4v) is 2.32. The molecule has 0 bridgehead atoms. The summed E-state index contributed by atoms with van der Waals surface area (Å²) in [4.78, 5) is 14.3. The lowest BCUT2D eigenvalue weighted by atomic mass is 10.0. The van der Waals surface area contributed by atoms with Crippen LogP contribution in [0.5, 0.6) is 0 Å². The molecule has 0 aliphatic carbocycles. The molecule has 17 heavy (non-hydrogen) atoms. The summed E-state index contributed by atoms with van der Waals surface area (Å²) in [6.07, 6.45) is 1.08. The van der Waals surface area contributed by atoms with Crippen LogP contribution in [0.2, 0.25) is 0 Å². The molecule has 0 radical (unpaired) electrons. The summed E-state index contributed by atoms with van der Waals surface area (Å²) >= 11 is 0. The summed E-state index contributed by atoms with van der Waals surface area (Å²) in [7, 11) is 0. The van der Waals surface area contributed by atoms with Crippen LogP contribution >= 0.6 is 0 Å². The van der Waals surface area contributed by atoms with Gasteiger partial charge < -0.3 is 15.0 Å². The zero-order valence-electron chi connectivity index (χ0n) is 11.5. The third-order valence-corrected chi connectivity index (χ3v) is 3.30. The Labute approximate surface area is 105 Å². The number of hydrogen-bond acceptors (Lipinski definition) is 3. The van der Waals surface area contributed by atoms with Crippen molar-refractivity contribution in [1.82, 2.24) is 10.2 Å². The second kappa shape index (κ2) is 6.97. The van der Waals surface area contributed by atoms with Crippen molar-refractivity contribution in [2.75, 3.05) is 26.3 Å². The van der Waals surface area contributed by atoms with Crippen molar-refractivity contribution in [3.8, 4) is 0 Å². The quantitative estimate of drug-likeness (QED) is 0.762. The minimum atomic E-state index is -0.0103. The molecule has 1 N–H and O–H groups in total. The van der Waals surface area contributed by atoms with E-state index in [9.17, 15) is 4.79 Å². The van der Waals surface area contributed by atoms with Crippen molar-refractivity contribution in [3.05, 3.63) is 0 Å². The first-order valence-electron chi connectivity index (χ1n) is 6.73. The maximum absolute atomic E-state index is 12.4. The van der Waals surface area contributed by atoms with E-state index in [1.807, 2.05) is 11.8 Å². The number of nitrogens with zero attached hydrogens (tertiary/aromatic N) is 1. The maximum Gasteiger partial charge on any atom is 0.229 e. The first-order valence-corrected chi connectivity index (χ1v) is 6.73. The van der Waals surface area contributed by atoms with Gasteiger partial charge in [-0.3, -0.25) is 4.79 Å². The van der Waals surface area contributed by atoms with E-state index in [0.29, 0.717) is 13.2 Å². The van der Waals surface area contributed by atoms with Crippen LogP contribution in [-0.4, -0.2) is 49.2 Å². The molecule has 0 aromatic carbocycles. The molecule has 1 aliphatic heterocycles. The Bertz CT molecular complexity index is 244. The van der Waals surface area contributed by atoms with E-state index in [1.165, 1.54) is 0 Å². The highest BCUT2D eigenvalue weighted by molar-refractivity contribution is 5.80. The Balaban J connectivity index is 2.60. The van der Waals surface area contributed by atoms with Crippen molar-refractivity contribution >= 4 is 5.91 Å². The van der Waals surface area contributed by atoms with Gasteiger partial charge in [-0.1, -0.05) is 6.92 Å². The summed E-state index contributed by atoms with van der Waals surface area (Å²) < 4.78 is 5.45. The fourth-order valence-electron chi connectivity index (χ4n) is 2.32. The highest BCUT2D eigenvalue weighted by Gasteiger charge is 2.36. The van der Waals surface area contributed by atoms with Gasteiger partial charge in [-0.25, -0.2) is 0 Å². The van der Waals surface area contributed by atoms with Crippen LogP contribution in [-0.2, 0) is 9.53 Å². The molecule has 1 aliphatic rings. The monoisotopic (exact) mass is 242 g/mol. The van der Waals surface area contributed by atoms with Crippen LogP contribution in [0.4, 0.5) is 0 Å². The molecule has 1 fully saturated rings. The van der Waals surface area contributed by atoms with Crippen LogP contribution in [0, 0.1) is 5.92 Å². The topological polar surface area (TPSA) is 41.6 Å². The number of ether oxygens (including phenoxy) is 1. The van der Waals surface area contributed by atoms with Crippen LogP contribution in [0.25, 0.3) is 0 Å². The average Bonchev–Trinajstić information content (AvgIpc) is 2.74. The predicted molar refractivity (Wildman–Crippen MR) is 68.9 cm³/mol. The van der Waals surface area contributed by atoms with Crippen molar-refractivity contribution in [2.45, 2.75) is 46.2 Å². The second-order valence-electron chi connectivity index (χ2n) is 4.92.